The Morgan fingerprint density at radius 2 is 2.10 bits per heavy atom. The summed E-state index contributed by atoms with van der Waals surface area (Å²) in [5, 5.41) is 11.9. The number of piperidine rings is 1. The van der Waals surface area contributed by atoms with E-state index in [0.29, 0.717) is 6.42 Å². The van der Waals surface area contributed by atoms with Crippen molar-refractivity contribution in [1.29, 1.82) is 0 Å². The first-order chi connectivity index (χ1) is 13.8. The number of nitrogens with zero attached hydrogens (tertiary/aromatic N) is 2. The zero-order valence-corrected chi connectivity index (χ0v) is 16.6. The molecule has 8 nitrogen and oxygen atoms in total. The number of rotatable bonds is 4. The minimum absolute atomic E-state index is 0.0891. The third-order valence-electron chi connectivity index (χ3n) is 5.99. The number of aromatic amines is 1. The molecule has 154 valence electrons. The van der Waals surface area contributed by atoms with Crippen LogP contribution in [0.3, 0.4) is 0 Å². The van der Waals surface area contributed by atoms with E-state index in [4.69, 9.17) is 4.74 Å². The quantitative estimate of drug-likeness (QED) is 0.731. The van der Waals surface area contributed by atoms with Crippen LogP contribution in [0, 0.1) is 0 Å². The second-order valence-corrected chi connectivity index (χ2v) is 8.53. The molecule has 1 amide bonds. The maximum Gasteiger partial charge on any atom is 0.405 e. The monoisotopic (exact) mass is 398 g/mol. The first kappa shape index (κ1) is 19.3. The number of amides is 1. The molecule has 1 aromatic heterocycles. The molecule has 2 aliphatic heterocycles. The fourth-order valence-corrected chi connectivity index (χ4v) is 4.65. The van der Waals surface area contributed by atoms with Gasteiger partial charge < -0.3 is 25.0 Å². The van der Waals surface area contributed by atoms with Crippen molar-refractivity contribution in [2.45, 2.75) is 50.2 Å². The average Bonchev–Trinajstić information content (AvgIpc) is 2.95. The Labute approximate surface area is 168 Å². The highest BCUT2D eigenvalue weighted by atomic mass is 16.5. The summed E-state index contributed by atoms with van der Waals surface area (Å²) < 4.78 is 6.52. The molecule has 1 spiro atoms. The summed E-state index contributed by atoms with van der Waals surface area (Å²) in [6.45, 7) is 5.32. The molecule has 1 aromatic carbocycles. The molecule has 3 heterocycles. The largest absolute Gasteiger partial charge is 0.486 e. The van der Waals surface area contributed by atoms with Crippen molar-refractivity contribution in [2.24, 2.45) is 0 Å². The van der Waals surface area contributed by atoms with Crippen LogP contribution >= 0.6 is 0 Å². The molecule has 0 saturated carbocycles. The summed E-state index contributed by atoms with van der Waals surface area (Å²) in [5.41, 5.74) is -0.0321. The Bertz CT molecular complexity index is 943. The molecule has 29 heavy (non-hydrogen) atoms. The van der Waals surface area contributed by atoms with Gasteiger partial charge in [0.25, 0.3) is 5.56 Å². The molecule has 0 unspecified atom stereocenters. The molecule has 2 aliphatic rings. The molecule has 0 aliphatic carbocycles. The Morgan fingerprint density at radius 1 is 1.38 bits per heavy atom. The SMILES string of the molecule is CC(C)(C[C@@H]1c2ccccc2OC12CCN(c1c[nH]c(=O)cn1)CC2)NC(=O)O. The summed E-state index contributed by atoms with van der Waals surface area (Å²) in [7, 11) is 0. The Hall–Kier alpha value is -3.03. The predicted octanol–water partition coefficient (Wildman–Crippen LogP) is 2.72. The average molecular weight is 398 g/mol. The van der Waals surface area contributed by atoms with E-state index >= 15 is 0 Å². The van der Waals surface area contributed by atoms with E-state index in [1.54, 1.807) is 6.20 Å². The van der Waals surface area contributed by atoms with Gasteiger partial charge in [-0.2, -0.15) is 0 Å². The van der Waals surface area contributed by atoms with Gasteiger partial charge in [-0.05, 0) is 26.3 Å². The van der Waals surface area contributed by atoms with Gasteiger partial charge in [0.2, 0.25) is 0 Å². The van der Waals surface area contributed by atoms with E-state index in [9.17, 15) is 14.7 Å². The predicted molar refractivity (Wildman–Crippen MR) is 109 cm³/mol. The van der Waals surface area contributed by atoms with Crippen LogP contribution in [-0.4, -0.2) is 45.4 Å². The summed E-state index contributed by atoms with van der Waals surface area (Å²) in [6, 6.07) is 8.05. The maximum atomic E-state index is 11.3. The minimum Gasteiger partial charge on any atom is -0.486 e. The fourth-order valence-electron chi connectivity index (χ4n) is 4.65. The lowest BCUT2D eigenvalue weighted by Gasteiger charge is -2.44. The molecule has 2 aromatic rings. The van der Waals surface area contributed by atoms with Gasteiger partial charge in [0.1, 0.15) is 17.2 Å². The summed E-state index contributed by atoms with van der Waals surface area (Å²) >= 11 is 0. The van der Waals surface area contributed by atoms with E-state index < -0.39 is 11.6 Å². The van der Waals surface area contributed by atoms with Gasteiger partial charge in [-0.1, -0.05) is 18.2 Å². The van der Waals surface area contributed by atoms with Crippen LogP contribution in [0.5, 0.6) is 5.75 Å². The number of H-pyrrole nitrogens is 1. The fraction of sp³-hybridized carbons (Fsp3) is 0.476. The first-order valence-electron chi connectivity index (χ1n) is 9.87. The Morgan fingerprint density at radius 3 is 2.76 bits per heavy atom. The number of hydrogen-bond donors (Lipinski definition) is 3. The third-order valence-corrected chi connectivity index (χ3v) is 5.99. The zero-order valence-electron chi connectivity index (χ0n) is 16.6. The van der Waals surface area contributed by atoms with Crippen molar-refractivity contribution in [3.8, 4) is 5.75 Å². The number of nitrogens with one attached hydrogen (secondary N) is 2. The van der Waals surface area contributed by atoms with Crippen molar-refractivity contribution >= 4 is 11.9 Å². The van der Waals surface area contributed by atoms with Crippen LogP contribution in [-0.2, 0) is 0 Å². The van der Waals surface area contributed by atoms with E-state index in [1.165, 1.54) is 6.20 Å². The summed E-state index contributed by atoms with van der Waals surface area (Å²) in [4.78, 5) is 31.6. The minimum atomic E-state index is -1.02. The van der Waals surface area contributed by atoms with Crippen LogP contribution < -0.4 is 20.5 Å². The number of benzene rings is 1. The number of ether oxygens (including phenoxy) is 1. The Balaban J connectivity index is 1.58. The lowest BCUT2D eigenvalue weighted by Crippen LogP contribution is -2.52. The molecule has 1 saturated heterocycles. The van der Waals surface area contributed by atoms with Crippen LogP contribution in [0.1, 0.15) is 44.6 Å². The smallest absolute Gasteiger partial charge is 0.405 e. The van der Waals surface area contributed by atoms with Gasteiger partial charge in [0.15, 0.2) is 0 Å². The van der Waals surface area contributed by atoms with Crippen molar-refractivity contribution in [2.75, 3.05) is 18.0 Å². The number of fused-ring (bicyclic) bond motifs is 1. The number of para-hydroxylation sites is 1. The highest BCUT2D eigenvalue weighted by molar-refractivity contribution is 5.65. The molecular weight excluding hydrogens is 372 g/mol. The topological polar surface area (TPSA) is 108 Å². The molecule has 4 rings (SSSR count). The number of aromatic nitrogens is 2. The molecule has 3 N–H and O–H groups in total. The highest BCUT2D eigenvalue weighted by Gasteiger charge is 2.51. The molecule has 1 fully saturated rings. The molecule has 8 heteroatoms. The van der Waals surface area contributed by atoms with Gasteiger partial charge in [-0.3, -0.25) is 4.79 Å². The second kappa shape index (κ2) is 7.09. The number of anilines is 1. The van der Waals surface area contributed by atoms with Gasteiger partial charge in [-0.25, -0.2) is 9.78 Å². The Kier molecular flexibility index (Phi) is 4.72. The van der Waals surface area contributed by atoms with Crippen molar-refractivity contribution in [3.63, 3.8) is 0 Å². The number of hydrogen-bond acceptors (Lipinski definition) is 5. The number of carbonyl (C=O) groups is 1. The van der Waals surface area contributed by atoms with Gasteiger partial charge in [0, 0.05) is 49.1 Å². The lowest BCUT2D eigenvalue weighted by atomic mass is 9.72. The maximum absolute atomic E-state index is 11.3. The third kappa shape index (κ3) is 3.79. The van der Waals surface area contributed by atoms with Crippen LogP contribution in [0.4, 0.5) is 10.6 Å². The normalized spacial score (nSPS) is 20.2. The van der Waals surface area contributed by atoms with Crippen molar-refractivity contribution in [3.05, 3.63) is 52.6 Å². The van der Waals surface area contributed by atoms with Gasteiger partial charge in [-0.15, -0.1) is 0 Å². The van der Waals surface area contributed by atoms with E-state index in [1.807, 2.05) is 32.0 Å². The van der Waals surface area contributed by atoms with Crippen molar-refractivity contribution in [1.82, 2.24) is 15.3 Å². The van der Waals surface area contributed by atoms with E-state index in [0.717, 1.165) is 43.1 Å². The van der Waals surface area contributed by atoms with E-state index in [-0.39, 0.29) is 17.1 Å². The highest BCUT2D eigenvalue weighted by Crippen LogP contribution is 2.52. The summed E-state index contributed by atoms with van der Waals surface area (Å²) in [5.74, 6) is 1.73. The molecule has 1 atom stereocenters. The molecular formula is C21H26N4O4. The van der Waals surface area contributed by atoms with Crippen LogP contribution in [0.15, 0.2) is 41.5 Å². The van der Waals surface area contributed by atoms with Crippen LogP contribution in [0.2, 0.25) is 0 Å². The van der Waals surface area contributed by atoms with Crippen LogP contribution in [0.25, 0.3) is 0 Å². The van der Waals surface area contributed by atoms with Crippen molar-refractivity contribution < 1.29 is 14.6 Å². The zero-order chi connectivity index (χ0) is 20.6. The number of carboxylic acid groups (broad SMARTS) is 1. The first-order valence-corrected chi connectivity index (χ1v) is 9.87. The standard InChI is InChI=1S/C21H26N4O4/c1-20(2,24-19(27)28)11-15-14-5-3-4-6-16(14)29-21(15)7-9-25(10-8-21)17-12-23-18(26)13-22-17/h3-6,12-13,15,24H,7-11H2,1-2H3,(H,23,26)(H,27,28)/t15-/m1/s1. The summed E-state index contributed by atoms with van der Waals surface area (Å²) in [6.07, 6.45) is 4.14. The lowest BCUT2D eigenvalue weighted by molar-refractivity contribution is 0.0314. The molecule has 0 bridgehead atoms. The van der Waals surface area contributed by atoms with Gasteiger partial charge >= 0.3 is 6.09 Å². The second-order valence-electron chi connectivity index (χ2n) is 8.53. The van der Waals surface area contributed by atoms with Gasteiger partial charge in [0.05, 0.1) is 6.20 Å². The molecule has 0 radical (unpaired) electrons. The van der Waals surface area contributed by atoms with E-state index in [2.05, 4.69) is 26.3 Å².